The fraction of sp³-hybridized carbons (Fsp3) is 0.875. The molecule has 1 aliphatic carbocycles. The first-order chi connectivity index (χ1) is 9.48. The Morgan fingerprint density at radius 2 is 1.85 bits per heavy atom. The Bertz CT molecular complexity index is 419. The molecule has 0 aromatic carbocycles. The van der Waals surface area contributed by atoms with Crippen LogP contribution in [0.15, 0.2) is 0 Å². The minimum atomic E-state index is -0.164. The van der Waals surface area contributed by atoms with Gasteiger partial charge in [-0.25, -0.2) is 0 Å². The highest BCUT2D eigenvalue weighted by atomic mass is 16.2. The summed E-state index contributed by atoms with van der Waals surface area (Å²) in [5.41, 5.74) is 0.341. The van der Waals surface area contributed by atoms with Crippen molar-refractivity contribution in [2.24, 2.45) is 5.41 Å². The number of hydrogen-bond donors (Lipinski definition) is 0. The van der Waals surface area contributed by atoms with E-state index in [2.05, 4.69) is 13.8 Å². The average molecular weight is 278 g/mol. The Labute approximate surface area is 121 Å². The maximum atomic E-state index is 12.9. The number of carbonyl (C=O) groups excluding carboxylic acids is 2. The molecule has 0 radical (unpaired) electrons. The van der Waals surface area contributed by atoms with E-state index in [0.29, 0.717) is 24.4 Å². The third-order valence-electron chi connectivity index (χ3n) is 5.34. The molecule has 1 saturated carbocycles. The lowest BCUT2D eigenvalue weighted by Gasteiger charge is -2.36. The van der Waals surface area contributed by atoms with Gasteiger partial charge in [-0.1, -0.05) is 13.8 Å². The van der Waals surface area contributed by atoms with Crippen LogP contribution in [0.25, 0.3) is 0 Å². The van der Waals surface area contributed by atoms with E-state index >= 15 is 0 Å². The molecule has 3 fully saturated rings. The summed E-state index contributed by atoms with van der Waals surface area (Å²) in [6.45, 7) is 5.98. The van der Waals surface area contributed by atoms with Crippen LogP contribution >= 0.6 is 0 Å². The second-order valence-corrected chi connectivity index (χ2v) is 7.44. The number of piperidine rings is 1. The molecule has 2 amide bonds. The molecule has 0 aromatic heterocycles. The summed E-state index contributed by atoms with van der Waals surface area (Å²) in [7, 11) is 0. The normalized spacial score (nSPS) is 34.1. The second-order valence-electron chi connectivity index (χ2n) is 7.44. The van der Waals surface area contributed by atoms with E-state index in [0.717, 1.165) is 38.6 Å². The molecule has 2 unspecified atom stereocenters. The Hall–Kier alpha value is -1.06. The molecule has 2 atom stereocenters. The second kappa shape index (κ2) is 5.05. The van der Waals surface area contributed by atoms with Gasteiger partial charge in [-0.15, -0.1) is 0 Å². The zero-order valence-corrected chi connectivity index (χ0v) is 12.7. The lowest BCUT2D eigenvalue weighted by atomic mass is 9.91. The molecule has 4 nitrogen and oxygen atoms in total. The highest BCUT2D eigenvalue weighted by Gasteiger charge is 2.42. The fourth-order valence-electron chi connectivity index (χ4n) is 4.18. The van der Waals surface area contributed by atoms with Crippen LogP contribution in [0.1, 0.15) is 58.8 Å². The molecular weight excluding hydrogens is 252 g/mol. The van der Waals surface area contributed by atoms with Crippen molar-refractivity contribution in [3.05, 3.63) is 0 Å². The van der Waals surface area contributed by atoms with Crippen molar-refractivity contribution in [2.75, 3.05) is 13.1 Å². The van der Waals surface area contributed by atoms with Crippen LogP contribution in [-0.4, -0.2) is 46.8 Å². The first-order valence-corrected chi connectivity index (χ1v) is 8.08. The zero-order valence-electron chi connectivity index (χ0n) is 12.7. The number of hydrogen-bond acceptors (Lipinski definition) is 2. The van der Waals surface area contributed by atoms with Crippen LogP contribution in [0.2, 0.25) is 0 Å². The minimum absolute atomic E-state index is 0.164. The van der Waals surface area contributed by atoms with Gasteiger partial charge in [0.2, 0.25) is 11.8 Å². The molecule has 2 heterocycles. The number of rotatable bonds is 1. The van der Waals surface area contributed by atoms with Gasteiger partial charge in [-0.05, 0) is 43.9 Å². The predicted octanol–water partition coefficient (Wildman–Crippen LogP) is 2.18. The number of amides is 2. The quantitative estimate of drug-likeness (QED) is 0.737. The van der Waals surface area contributed by atoms with Gasteiger partial charge in [0.05, 0.1) is 0 Å². The maximum Gasteiger partial charge on any atom is 0.245 e. The van der Waals surface area contributed by atoms with Gasteiger partial charge in [0, 0.05) is 25.6 Å². The highest BCUT2D eigenvalue weighted by Crippen LogP contribution is 2.40. The van der Waals surface area contributed by atoms with Crippen LogP contribution in [-0.2, 0) is 9.59 Å². The summed E-state index contributed by atoms with van der Waals surface area (Å²) in [4.78, 5) is 29.0. The van der Waals surface area contributed by atoms with E-state index in [9.17, 15) is 9.59 Å². The Kier molecular flexibility index (Phi) is 3.51. The molecule has 0 spiro atoms. The van der Waals surface area contributed by atoms with E-state index < -0.39 is 0 Å². The molecule has 3 aliphatic rings. The molecule has 2 saturated heterocycles. The van der Waals surface area contributed by atoms with Gasteiger partial charge < -0.3 is 9.80 Å². The van der Waals surface area contributed by atoms with Crippen molar-refractivity contribution >= 4 is 11.8 Å². The fourth-order valence-corrected chi connectivity index (χ4v) is 4.18. The van der Waals surface area contributed by atoms with E-state index in [-0.39, 0.29) is 17.9 Å². The predicted molar refractivity (Wildman–Crippen MR) is 77.1 cm³/mol. The maximum absolute atomic E-state index is 12.9. The molecule has 3 rings (SSSR count). The number of fused-ring (bicyclic) bond motifs is 1. The van der Waals surface area contributed by atoms with Gasteiger partial charge in [-0.2, -0.15) is 0 Å². The van der Waals surface area contributed by atoms with Gasteiger partial charge in [0.1, 0.15) is 6.04 Å². The summed E-state index contributed by atoms with van der Waals surface area (Å²) in [5.74, 6) is 0.404. The molecule has 4 heteroatoms. The van der Waals surface area contributed by atoms with Gasteiger partial charge in [-0.3, -0.25) is 9.59 Å². The summed E-state index contributed by atoms with van der Waals surface area (Å²) >= 11 is 0. The highest BCUT2D eigenvalue weighted by molar-refractivity contribution is 5.90. The molecule has 0 aromatic rings. The third-order valence-corrected chi connectivity index (χ3v) is 5.34. The SMILES string of the molecule is CC1(C)CCC(N2CCC(=O)N3CCCCC3C2=O)C1. The summed E-state index contributed by atoms with van der Waals surface area (Å²) in [5, 5.41) is 0. The van der Waals surface area contributed by atoms with E-state index in [4.69, 9.17) is 0 Å². The molecule has 2 aliphatic heterocycles. The van der Waals surface area contributed by atoms with Crippen molar-refractivity contribution in [1.82, 2.24) is 9.80 Å². The smallest absolute Gasteiger partial charge is 0.245 e. The van der Waals surface area contributed by atoms with Crippen LogP contribution in [0.4, 0.5) is 0 Å². The van der Waals surface area contributed by atoms with Crippen molar-refractivity contribution in [2.45, 2.75) is 70.9 Å². The zero-order chi connectivity index (χ0) is 14.3. The first-order valence-electron chi connectivity index (χ1n) is 8.08. The number of carbonyl (C=O) groups is 2. The van der Waals surface area contributed by atoms with Crippen LogP contribution in [0.3, 0.4) is 0 Å². The Balaban J connectivity index is 1.79. The third kappa shape index (κ3) is 2.45. The lowest BCUT2D eigenvalue weighted by molar-refractivity contribution is -0.144. The summed E-state index contributed by atoms with van der Waals surface area (Å²) in [6, 6.07) is 0.189. The largest absolute Gasteiger partial charge is 0.337 e. The Morgan fingerprint density at radius 1 is 1.05 bits per heavy atom. The van der Waals surface area contributed by atoms with Crippen molar-refractivity contribution in [1.29, 1.82) is 0 Å². The van der Waals surface area contributed by atoms with Gasteiger partial charge >= 0.3 is 0 Å². The molecule has 112 valence electrons. The van der Waals surface area contributed by atoms with Crippen molar-refractivity contribution in [3.63, 3.8) is 0 Å². The number of nitrogens with zero attached hydrogens (tertiary/aromatic N) is 2. The molecule has 20 heavy (non-hydrogen) atoms. The summed E-state index contributed by atoms with van der Waals surface area (Å²) in [6.07, 6.45) is 6.86. The van der Waals surface area contributed by atoms with E-state index in [1.807, 2.05) is 9.80 Å². The topological polar surface area (TPSA) is 40.6 Å². The van der Waals surface area contributed by atoms with Crippen LogP contribution in [0.5, 0.6) is 0 Å². The molecule has 0 bridgehead atoms. The standard InChI is InChI=1S/C16H26N2O2/c1-16(2)8-6-12(11-16)17-10-7-14(19)18-9-4-3-5-13(18)15(17)20/h12-13H,3-11H2,1-2H3. The van der Waals surface area contributed by atoms with Crippen molar-refractivity contribution < 1.29 is 9.59 Å². The van der Waals surface area contributed by atoms with Gasteiger partial charge in [0.15, 0.2) is 0 Å². The molecule has 0 N–H and O–H groups in total. The van der Waals surface area contributed by atoms with E-state index in [1.54, 1.807) is 0 Å². The van der Waals surface area contributed by atoms with Gasteiger partial charge in [0.25, 0.3) is 0 Å². The monoisotopic (exact) mass is 278 g/mol. The van der Waals surface area contributed by atoms with Crippen LogP contribution in [0, 0.1) is 5.41 Å². The van der Waals surface area contributed by atoms with Crippen LogP contribution < -0.4 is 0 Å². The van der Waals surface area contributed by atoms with Crippen molar-refractivity contribution in [3.8, 4) is 0 Å². The minimum Gasteiger partial charge on any atom is -0.337 e. The average Bonchev–Trinajstić information content (AvgIpc) is 2.72. The van der Waals surface area contributed by atoms with E-state index in [1.165, 1.54) is 6.42 Å². The first kappa shape index (κ1) is 13.9. The molecular formula is C16H26N2O2. The Morgan fingerprint density at radius 3 is 2.55 bits per heavy atom. The summed E-state index contributed by atoms with van der Waals surface area (Å²) < 4.78 is 0. The lowest BCUT2D eigenvalue weighted by Crippen LogP contribution is -2.51.